The van der Waals surface area contributed by atoms with E-state index in [9.17, 15) is 18.4 Å². The summed E-state index contributed by atoms with van der Waals surface area (Å²) in [6, 6.07) is 6.34. The van der Waals surface area contributed by atoms with Crippen molar-refractivity contribution in [2.45, 2.75) is 57.3 Å². The molecule has 2 heterocycles. The molecule has 176 valence electrons. The Morgan fingerprint density at radius 3 is 2.76 bits per heavy atom. The number of aromatic nitrogens is 2. The summed E-state index contributed by atoms with van der Waals surface area (Å²) in [6.07, 6.45) is 4.77. The Kier molecular flexibility index (Phi) is 7.64. The zero-order valence-corrected chi connectivity index (χ0v) is 19.9. The Balaban J connectivity index is 1.35. The number of nitrogens with one attached hydrogen (secondary N) is 1. The third kappa shape index (κ3) is 5.55. The molecular weight excluding hydrogens is 468 g/mol. The fourth-order valence-corrected chi connectivity index (χ4v) is 6.17. The van der Waals surface area contributed by atoms with Crippen LogP contribution in [0, 0.1) is 0 Å². The highest BCUT2D eigenvalue weighted by Crippen LogP contribution is 2.34. The van der Waals surface area contributed by atoms with Crippen molar-refractivity contribution in [2.75, 3.05) is 12.3 Å². The molecule has 10 heteroatoms. The van der Waals surface area contributed by atoms with Crippen molar-refractivity contribution in [2.24, 2.45) is 0 Å². The molecular formula is C23H25F2N3O3S2. The number of ether oxygens (including phenoxy) is 1. The number of fused-ring (bicyclic) bond motifs is 3. The Labute approximate surface area is 198 Å². The lowest BCUT2D eigenvalue weighted by Gasteiger charge is -2.12. The van der Waals surface area contributed by atoms with Gasteiger partial charge in [0.2, 0.25) is 5.91 Å². The van der Waals surface area contributed by atoms with Gasteiger partial charge in [0, 0.05) is 18.0 Å². The summed E-state index contributed by atoms with van der Waals surface area (Å²) >= 11 is 2.88. The number of benzene rings is 1. The monoisotopic (exact) mass is 493 g/mol. The number of rotatable bonds is 9. The average Bonchev–Trinajstić information content (AvgIpc) is 3.17. The van der Waals surface area contributed by atoms with Crippen molar-refractivity contribution in [1.29, 1.82) is 0 Å². The third-order valence-electron chi connectivity index (χ3n) is 5.57. The minimum absolute atomic E-state index is 0.0101. The van der Waals surface area contributed by atoms with Crippen molar-refractivity contribution in [3.05, 3.63) is 50.6 Å². The minimum atomic E-state index is -2.85. The van der Waals surface area contributed by atoms with Crippen LogP contribution in [0.1, 0.15) is 35.8 Å². The first-order valence-electron chi connectivity index (χ1n) is 10.9. The quantitative estimate of drug-likeness (QED) is 0.353. The lowest BCUT2D eigenvalue weighted by atomic mass is 9.97. The van der Waals surface area contributed by atoms with E-state index in [-0.39, 0.29) is 23.0 Å². The van der Waals surface area contributed by atoms with E-state index < -0.39 is 6.61 Å². The van der Waals surface area contributed by atoms with Crippen LogP contribution in [0.4, 0.5) is 8.78 Å². The molecule has 0 fully saturated rings. The van der Waals surface area contributed by atoms with E-state index in [2.05, 4.69) is 10.1 Å². The van der Waals surface area contributed by atoms with E-state index in [1.54, 1.807) is 28.0 Å². The van der Waals surface area contributed by atoms with E-state index in [4.69, 9.17) is 4.98 Å². The second-order valence-electron chi connectivity index (χ2n) is 7.75. The average molecular weight is 494 g/mol. The highest BCUT2D eigenvalue weighted by Gasteiger charge is 2.22. The topological polar surface area (TPSA) is 73.2 Å². The molecule has 3 aromatic rings. The van der Waals surface area contributed by atoms with Crippen LogP contribution in [0.15, 0.2) is 34.2 Å². The van der Waals surface area contributed by atoms with Crippen LogP contribution in [-0.2, 0) is 30.6 Å². The fourth-order valence-electron chi connectivity index (χ4n) is 3.97. The standard InChI is InChI=1S/C23H25F2N3O3S2/c1-2-28-21(30)19-16-5-3-4-6-17(16)33-20(19)27-23(28)32-13-18(29)26-12-11-14-7-9-15(10-8-14)31-22(24)25/h7-10,22H,2-6,11-13H2,1H3,(H,26,29). The van der Waals surface area contributed by atoms with Crippen LogP contribution < -0.4 is 15.6 Å². The van der Waals surface area contributed by atoms with Crippen molar-refractivity contribution < 1.29 is 18.3 Å². The summed E-state index contributed by atoms with van der Waals surface area (Å²) < 4.78 is 30.4. The zero-order chi connectivity index (χ0) is 23.4. The molecule has 0 saturated carbocycles. The van der Waals surface area contributed by atoms with Gasteiger partial charge in [0.25, 0.3) is 5.56 Å². The number of thiophene rings is 1. The largest absolute Gasteiger partial charge is 0.435 e. The normalized spacial score (nSPS) is 13.3. The highest BCUT2D eigenvalue weighted by atomic mass is 32.2. The van der Waals surface area contributed by atoms with Crippen molar-refractivity contribution in [3.63, 3.8) is 0 Å². The fraction of sp³-hybridized carbons (Fsp3) is 0.435. The zero-order valence-electron chi connectivity index (χ0n) is 18.2. The molecule has 1 aromatic carbocycles. The van der Waals surface area contributed by atoms with E-state index >= 15 is 0 Å². The Hall–Kier alpha value is -2.46. The smallest absolute Gasteiger partial charge is 0.387 e. The predicted molar refractivity (Wildman–Crippen MR) is 127 cm³/mol. The summed E-state index contributed by atoms with van der Waals surface area (Å²) in [7, 11) is 0. The Morgan fingerprint density at radius 2 is 2.03 bits per heavy atom. The van der Waals surface area contributed by atoms with E-state index in [0.29, 0.717) is 24.7 Å². The summed E-state index contributed by atoms with van der Waals surface area (Å²) in [6.45, 7) is -0.0203. The number of amides is 1. The van der Waals surface area contributed by atoms with Crippen LogP contribution in [0.3, 0.4) is 0 Å². The molecule has 1 amide bonds. The maximum absolute atomic E-state index is 13.1. The van der Waals surface area contributed by atoms with Crippen LogP contribution in [0.5, 0.6) is 5.75 Å². The number of thioether (sulfide) groups is 1. The molecule has 6 nitrogen and oxygen atoms in total. The first kappa shape index (κ1) is 23.7. The molecule has 4 rings (SSSR count). The van der Waals surface area contributed by atoms with Gasteiger partial charge in [-0.1, -0.05) is 23.9 Å². The lowest BCUT2D eigenvalue weighted by Crippen LogP contribution is -2.28. The van der Waals surface area contributed by atoms with Gasteiger partial charge in [-0.2, -0.15) is 8.78 Å². The molecule has 0 bridgehead atoms. The van der Waals surface area contributed by atoms with Gasteiger partial charge in [0.05, 0.1) is 11.1 Å². The molecule has 0 radical (unpaired) electrons. The first-order valence-corrected chi connectivity index (χ1v) is 12.7. The van der Waals surface area contributed by atoms with E-state index in [1.807, 2.05) is 6.92 Å². The Bertz CT molecular complexity index is 1190. The molecule has 2 aromatic heterocycles. The molecule has 0 atom stereocenters. The van der Waals surface area contributed by atoms with Gasteiger partial charge in [-0.05, 0) is 62.3 Å². The van der Waals surface area contributed by atoms with Crippen molar-refractivity contribution in [3.8, 4) is 5.75 Å². The summed E-state index contributed by atoms with van der Waals surface area (Å²) in [5.41, 5.74) is 2.06. The molecule has 0 aliphatic heterocycles. The number of halogens is 2. The number of hydrogen-bond donors (Lipinski definition) is 1. The SMILES string of the molecule is CCn1c(SCC(=O)NCCc2ccc(OC(F)F)cc2)nc2sc3c(c2c1=O)CCCC3. The number of hydrogen-bond acceptors (Lipinski definition) is 6. The van der Waals surface area contributed by atoms with E-state index in [0.717, 1.165) is 41.5 Å². The number of carbonyl (C=O) groups excluding carboxylic acids is 1. The van der Waals surface area contributed by atoms with Crippen molar-refractivity contribution >= 4 is 39.2 Å². The van der Waals surface area contributed by atoms with E-state index in [1.165, 1.54) is 34.3 Å². The van der Waals surface area contributed by atoms with Gasteiger partial charge in [-0.3, -0.25) is 14.2 Å². The second kappa shape index (κ2) is 10.6. The number of alkyl halides is 2. The molecule has 1 N–H and O–H groups in total. The number of nitrogens with zero attached hydrogens (tertiary/aromatic N) is 2. The first-order chi connectivity index (χ1) is 16.0. The Morgan fingerprint density at radius 1 is 1.27 bits per heavy atom. The predicted octanol–water partition coefficient (Wildman–Crippen LogP) is 4.41. The third-order valence-corrected chi connectivity index (χ3v) is 7.73. The van der Waals surface area contributed by atoms with Crippen molar-refractivity contribution in [1.82, 2.24) is 14.9 Å². The molecule has 0 unspecified atom stereocenters. The minimum Gasteiger partial charge on any atom is -0.435 e. The highest BCUT2D eigenvalue weighted by molar-refractivity contribution is 7.99. The summed E-state index contributed by atoms with van der Waals surface area (Å²) in [5, 5.41) is 4.18. The van der Waals surface area contributed by atoms with Gasteiger partial charge in [0.15, 0.2) is 5.16 Å². The maximum Gasteiger partial charge on any atom is 0.387 e. The second-order valence-corrected chi connectivity index (χ2v) is 9.77. The number of carbonyl (C=O) groups is 1. The van der Waals surface area contributed by atoms with Crippen LogP contribution in [-0.4, -0.2) is 34.4 Å². The van der Waals surface area contributed by atoms with Gasteiger partial charge >= 0.3 is 6.61 Å². The van der Waals surface area contributed by atoms with Crippen LogP contribution in [0.25, 0.3) is 10.2 Å². The van der Waals surface area contributed by atoms with Gasteiger partial charge < -0.3 is 10.1 Å². The van der Waals surface area contributed by atoms with Gasteiger partial charge in [-0.15, -0.1) is 11.3 Å². The molecule has 1 aliphatic carbocycles. The molecule has 0 spiro atoms. The van der Waals surface area contributed by atoms with Crippen LogP contribution in [0.2, 0.25) is 0 Å². The van der Waals surface area contributed by atoms with Crippen LogP contribution >= 0.6 is 23.1 Å². The summed E-state index contributed by atoms with van der Waals surface area (Å²) in [5.74, 6) is 0.108. The maximum atomic E-state index is 13.1. The molecule has 33 heavy (non-hydrogen) atoms. The van der Waals surface area contributed by atoms with Gasteiger partial charge in [0.1, 0.15) is 10.6 Å². The lowest BCUT2D eigenvalue weighted by molar-refractivity contribution is -0.118. The molecule has 0 saturated heterocycles. The number of aryl methyl sites for hydroxylation is 2. The molecule has 1 aliphatic rings. The van der Waals surface area contributed by atoms with Gasteiger partial charge in [-0.25, -0.2) is 4.98 Å². The summed E-state index contributed by atoms with van der Waals surface area (Å²) in [4.78, 5) is 32.3.